The largest absolute Gasteiger partial charge is 0.326 e. The van der Waals surface area contributed by atoms with Crippen LogP contribution in [0, 0.1) is 5.92 Å². The fourth-order valence-corrected chi connectivity index (χ4v) is 7.12. The van der Waals surface area contributed by atoms with E-state index in [9.17, 15) is 18.0 Å². The van der Waals surface area contributed by atoms with Gasteiger partial charge >= 0.3 is 0 Å². The van der Waals surface area contributed by atoms with Gasteiger partial charge in [-0.15, -0.1) is 11.8 Å². The van der Waals surface area contributed by atoms with Crippen molar-refractivity contribution in [3.8, 4) is 11.1 Å². The topological polar surface area (TPSA) is 88.5 Å². The quantitative estimate of drug-likeness (QED) is 0.525. The van der Waals surface area contributed by atoms with Crippen molar-refractivity contribution in [2.45, 2.75) is 35.6 Å². The Bertz CT molecular complexity index is 1430. The summed E-state index contributed by atoms with van der Waals surface area (Å²) in [7, 11) is -3.69. The number of benzene rings is 2. The molecule has 2 aromatic carbocycles. The molecule has 0 unspecified atom stereocenters. The SMILES string of the molecule is CSc1ccc(-c2ccc3n(c2=O)C[C@@H]2C[C@@H]3CN(S(=O)(=O)c3ccc(NC(C)=O)cc3)C2)cc1. The van der Waals surface area contributed by atoms with E-state index in [1.165, 1.54) is 19.1 Å². The first-order chi connectivity index (χ1) is 16.8. The third kappa shape index (κ3) is 4.55. The summed E-state index contributed by atoms with van der Waals surface area (Å²) in [5.41, 5.74) is 3.01. The molecule has 0 radical (unpaired) electrons. The molecule has 2 bridgehead atoms. The molecule has 0 saturated carbocycles. The summed E-state index contributed by atoms with van der Waals surface area (Å²) in [6.07, 6.45) is 2.89. The lowest BCUT2D eigenvalue weighted by Crippen LogP contribution is -2.49. The number of rotatable bonds is 5. The Hall–Kier alpha value is -2.88. The third-order valence-electron chi connectivity index (χ3n) is 6.78. The van der Waals surface area contributed by atoms with E-state index < -0.39 is 10.0 Å². The molecular formula is C26H27N3O4S2. The van der Waals surface area contributed by atoms with Gasteiger partial charge in [-0.25, -0.2) is 8.42 Å². The number of carbonyl (C=O) groups excluding carboxylic acids is 1. The second kappa shape index (κ2) is 9.29. The lowest BCUT2D eigenvalue weighted by Gasteiger charge is -2.42. The van der Waals surface area contributed by atoms with Gasteiger partial charge in [0.25, 0.3) is 5.56 Å². The number of carbonyl (C=O) groups is 1. The van der Waals surface area contributed by atoms with Gasteiger partial charge in [-0.2, -0.15) is 4.31 Å². The lowest BCUT2D eigenvalue weighted by molar-refractivity contribution is -0.114. The van der Waals surface area contributed by atoms with Gasteiger partial charge in [-0.05, 0) is 72.7 Å². The number of anilines is 1. The van der Waals surface area contributed by atoms with E-state index in [2.05, 4.69) is 5.32 Å². The Morgan fingerprint density at radius 1 is 0.971 bits per heavy atom. The van der Waals surface area contributed by atoms with Gasteiger partial charge in [0, 0.05) is 54.3 Å². The first-order valence-corrected chi connectivity index (χ1v) is 14.2. The van der Waals surface area contributed by atoms with Crippen LogP contribution >= 0.6 is 11.8 Å². The highest BCUT2D eigenvalue weighted by Crippen LogP contribution is 2.38. The van der Waals surface area contributed by atoms with E-state index >= 15 is 0 Å². The van der Waals surface area contributed by atoms with Crippen LogP contribution < -0.4 is 10.9 Å². The van der Waals surface area contributed by atoms with Crippen LogP contribution in [0.15, 0.2) is 75.2 Å². The minimum atomic E-state index is -3.69. The fraction of sp³-hybridized carbons (Fsp3) is 0.308. The Balaban J connectivity index is 1.41. The molecule has 1 aromatic heterocycles. The summed E-state index contributed by atoms with van der Waals surface area (Å²) in [6, 6.07) is 18.1. The molecule has 1 saturated heterocycles. The number of sulfonamides is 1. The molecule has 0 aliphatic carbocycles. The number of aromatic nitrogens is 1. The van der Waals surface area contributed by atoms with Gasteiger partial charge in [0.05, 0.1) is 4.90 Å². The summed E-state index contributed by atoms with van der Waals surface area (Å²) < 4.78 is 30.2. The van der Waals surface area contributed by atoms with Crippen LogP contribution in [0.25, 0.3) is 11.1 Å². The summed E-state index contributed by atoms with van der Waals surface area (Å²) in [5, 5.41) is 2.65. The Morgan fingerprint density at radius 2 is 1.69 bits per heavy atom. The van der Waals surface area contributed by atoms with Crippen LogP contribution in [-0.4, -0.2) is 42.5 Å². The molecule has 7 nitrogen and oxygen atoms in total. The zero-order valence-corrected chi connectivity index (χ0v) is 21.2. The highest BCUT2D eigenvalue weighted by atomic mass is 32.2. The van der Waals surface area contributed by atoms with E-state index in [4.69, 9.17) is 0 Å². The number of hydrogen-bond donors (Lipinski definition) is 1. The zero-order chi connectivity index (χ0) is 24.7. The molecule has 182 valence electrons. The van der Waals surface area contributed by atoms with E-state index in [-0.39, 0.29) is 28.2 Å². The zero-order valence-electron chi connectivity index (χ0n) is 19.6. The van der Waals surface area contributed by atoms with E-state index in [1.54, 1.807) is 28.2 Å². The predicted molar refractivity (Wildman–Crippen MR) is 138 cm³/mol. The molecule has 3 aromatic rings. The molecule has 1 amide bonds. The van der Waals surface area contributed by atoms with Crippen LogP contribution in [0.4, 0.5) is 5.69 Å². The van der Waals surface area contributed by atoms with Crippen molar-refractivity contribution in [2.24, 2.45) is 5.92 Å². The normalized spacial score (nSPS) is 19.7. The molecule has 0 spiro atoms. The molecule has 1 N–H and O–H groups in total. The molecule has 5 rings (SSSR count). The number of fused-ring (bicyclic) bond motifs is 4. The molecule has 3 heterocycles. The van der Waals surface area contributed by atoms with Crippen LogP contribution in [0.3, 0.4) is 0 Å². The Morgan fingerprint density at radius 3 is 2.34 bits per heavy atom. The summed E-state index contributed by atoms with van der Waals surface area (Å²) in [5.74, 6) is -0.170. The minimum Gasteiger partial charge on any atom is -0.326 e. The average molecular weight is 510 g/mol. The third-order valence-corrected chi connectivity index (χ3v) is 9.37. The predicted octanol–water partition coefficient (Wildman–Crippen LogP) is 4.00. The maximum absolute atomic E-state index is 13.4. The molecular weight excluding hydrogens is 482 g/mol. The summed E-state index contributed by atoms with van der Waals surface area (Å²) in [4.78, 5) is 26.0. The van der Waals surface area contributed by atoms with E-state index in [0.717, 1.165) is 22.6 Å². The van der Waals surface area contributed by atoms with Gasteiger partial charge in [-0.3, -0.25) is 9.59 Å². The molecule has 2 aliphatic rings. The Labute approximate surface area is 209 Å². The van der Waals surface area contributed by atoms with Crippen LogP contribution in [0.2, 0.25) is 0 Å². The van der Waals surface area contributed by atoms with Gasteiger partial charge in [0.15, 0.2) is 0 Å². The van der Waals surface area contributed by atoms with Crippen molar-refractivity contribution < 1.29 is 13.2 Å². The van der Waals surface area contributed by atoms with Crippen molar-refractivity contribution in [3.63, 3.8) is 0 Å². The number of nitrogens with zero attached hydrogens (tertiary/aromatic N) is 2. The van der Waals surface area contributed by atoms with Gasteiger partial charge in [0.2, 0.25) is 15.9 Å². The number of hydrogen-bond acceptors (Lipinski definition) is 5. The first-order valence-electron chi connectivity index (χ1n) is 11.5. The van der Waals surface area contributed by atoms with Gasteiger partial charge < -0.3 is 9.88 Å². The maximum atomic E-state index is 13.4. The van der Waals surface area contributed by atoms with Gasteiger partial charge in [0.1, 0.15) is 0 Å². The second-order valence-corrected chi connectivity index (χ2v) is 12.0. The molecule has 9 heteroatoms. The number of amides is 1. The number of pyridine rings is 1. The fourth-order valence-electron chi connectivity index (χ4n) is 5.15. The number of thioether (sulfide) groups is 1. The summed E-state index contributed by atoms with van der Waals surface area (Å²) >= 11 is 1.66. The molecule has 2 atom stereocenters. The standard InChI is InChI=1S/C26H27N3O4S2/c1-17(30)27-21-5-9-23(10-6-21)35(32,33)28-14-18-13-20(16-28)25-12-11-24(26(31)29(25)15-18)19-3-7-22(34-2)8-4-19/h3-12,18,20H,13-16H2,1-2H3,(H,27,30)/t18-,20-/m1/s1. The van der Waals surface area contributed by atoms with Crippen molar-refractivity contribution in [3.05, 3.63) is 76.7 Å². The molecule has 1 fully saturated rings. The van der Waals surface area contributed by atoms with Crippen LogP contribution in [-0.2, 0) is 21.4 Å². The lowest BCUT2D eigenvalue weighted by atomic mass is 9.84. The highest BCUT2D eigenvalue weighted by Gasteiger charge is 2.39. The number of piperidine rings is 1. The van der Waals surface area contributed by atoms with E-state index in [1.807, 2.05) is 47.2 Å². The van der Waals surface area contributed by atoms with Crippen molar-refractivity contribution in [1.29, 1.82) is 0 Å². The Kier molecular flexibility index (Phi) is 6.33. The van der Waals surface area contributed by atoms with Crippen molar-refractivity contribution in [2.75, 3.05) is 24.7 Å². The molecule has 2 aliphatic heterocycles. The van der Waals surface area contributed by atoms with E-state index in [0.29, 0.717) is 30.9 Å². The van der Waals surface area contributed by atoms with Crippen molar-refractivity contribution in [1.82, 2.24) is 8.87 Å². The number of nitrogens with one attached hydrogen (secondary N) is 1. The molecule has 35 heavy (non-hydrogen) atoms. The first kappa shape index (κ1) is 23.8. The second-order valence-electron chi connectivity index (χ2n) is 9.14. The smallest absolute Gasteiger partial charge is 0.258 e. The minimum absolute atomic E-state index is 0.0148. The average Bonchev–Trinajstić information content (AvgIpc) is 2.85. The highest BCUT2D eigenvalue weighted by molar-refractivity contribution is 7.98. The van der Waals surface area contributed by atoms with Crippen molar-refractivity contribution >= 4 is 33.4 Å². The van der Waals surface area contributed by atoms with Gasteiger partial charge in [-0.1, -0.05) is 12.1 Å². The van der Waals surface area contributed by atoms with Crippen LogP contribution in [0.5, 0.6) is 0 Å². The maximum Gasteiger partial charge on any atom is 0.258 e. The monoisotopic (exact) mass is 509 g/mol. The van der Waals surface area contributed by atoms with Crippen LogP contribution in [0.1, 0.15) is 25.0 Å². The summed E-state index contributed by atoms with van der Waals surface area (Å²) in [6.45, 7) is 2.64.